The highest BCUT2D eigenvalue weighted by atomic mass is 35.5. The number of alkyl halides is 5. The van der Waals surface area contributed by atoms with Gasteiger partial charge in [-0.3, -0.25) is 0 Å². The number of anilines is 1. The fourth-order valence-corrected chi connectivity index (χ4v) is 1.16. The largest absolute Gasteiger partial charge is 0.573 e. The van der Waals surface area contributed by atoms with Crippen molar-refractivity contribution < 1.29 is 31.4 Å². The molecule has 0 spiro atoms. The Kier molecular flexibility index (Phi) is 3.87. The number of halogens is 6. The van der Waals surface area contributed by atoms with Crippen molar-refractivity contribution in [3.63, 3.8) is 0 Å². The quantitative estimate of drug-likeness (QED) is 0.680. The SMILES string of the molecule is Nc1c(OC(F)(F)F)ccc(OC(F)F)c1Cl. The Morgan fingerprint density at radius 3 is 2.18 bits per heavy atom. The second-order valence-corrected chi connectivity index (χ2v) is 3.09. The fourth-order valence-electron chi connectivity index (χ4n) is 0.956. The van der Waals surface area contributed by atoms with Gasteiger partial charge in [0.15, 0.2) is 5.75 Å². The average molecular weight is 278 g/mol. The minimum absolute atomic E-state index is 0.534. The van der Waals surface area contributed by atoms with E-state index in [1.807, 2.05) is 0 Å². The highest BCUT2D eigenvalue weighted by molar-refractivity contribution is 6.34. The van der Waals surface area contributed by atoms with E-state index in [9.17, 15) is 22.0 Å². The summed E-state index contributed by atoms with van der Waals surface area (Å²) in [4.78, 5) is 0. The van der Waals surface area contributed by atoms with E-state index >= 15 is 0 Å². The second-order valence-electron chi connectivity index (χ2n) is 2.72. The van der Waals surface area contributed by atoms with Crippen molar-refractivity contribution in [2.24, 2.45) is 0 Å². The van der Waals surface area contributed by atoms with Crippen LogP contribution in [0.5, 0.6) is 11.5 Å². The van der Waals surface area contributed by atoms with Crippen LogP contribution in [0.2, 0.25) is 5.02 Å². The van der Waals surface area contributed by atoms with Gasteiger partial charge in [0.05, 0.1) is 5.69 Å². The van der Waals surface area contributed by atoms with Gasteiger partial charge in [-0.25, -0.2) is 0 Å². The zero-order valence-corrected chi connectivity index (χ0v) is 8.65. The number of hydrogen-bond acceptors (Lipinski definition) is 3. The minimum Gasteiger partial charge on any atom is -0.433 e. The number of ether oxygens (including phenoxy) is 2. The molecule has 0 aliphatic rings. The van der Waals surface area contributed by atoms with Crippen molar-refractivity contribution in [2.45, 2.75) is 13.0 Å². The van der Waals surface area contributed by atoms with Gasteiger partial charge in [-0.15, -0.1) is 13.2 Å². The summed E-state index contributed by atoms with van der Waals surface area (Å²) in [5, 5.41) is -0.577. The molecular weight excluding hydrogens is 273 g/mol. The number of rotatable bonds is 3. The van der Waals surface area contributed by atoms with Crippen molar-refractivity contribution in [1.29, 1.82) is 0 Å². The van der Waals surface area contributed by atoms with Crippen LogP contribution in [0.1, 0.15) is 0 Å². The van der Waals surface area contributed by atoms with E-state index < -0.39 is 35.2 Å². The summed E-state index contributed by atoms with van der Waals surface area (Å²) < 4.78 is 66.9. The van der Waals surface area contributed by atoms with Crippen molar-refractivity contribution in [3.05, 3.63) is 17.2 Å². The molecule has 0 saturated carbocycles. The van der Waals surface area contributed by atoms with Gasteiger partial charge in [0.2, 0.25) is 0 Å². The van der Waals surface area contributed by atoms with E-state index in [0.717, 1.165) is 12.1 Å². The molecule has 1 rings (SSSR count). The topological polar surface area (TPSA) is 44.5 Å². The molecule has 9 heteroatoms. The second kappa shape index (κ2) is 4.82. The third-order valence-corrected chi connectivity index (χ3v) is 1.94. The lowest BCUT2D eigenvalue weighted by molar-refractivity contribution is -0.274. The highest BCUT2D eigenvalue weighted by Crippen LogP contribution is 2.39. The van der Waals surface area contributed by atoms with E-state index in [-0.39, 0.29) is 0 Å². The van der Waals surface area contributed by atoms with E-state index in [1.165, 1.54) is 0 Å². The van der Waals surface area contributed by atoms with Gasteiger partial charge < -0.3 is 15.2 Å². The Labute approximate surface area is 96.9 Å². The molecule has 0 fully saturated rings. The molecule has 0 bridgehead atoms. The summed E-state index contributed by atoms with van der Waals surface area (Å²) in [7, 11) is 0. The van der Waals surface area contributed by atoms with Gasteiger partial charge >= 0.3 is 13.0 Å². The Hall–Kier alpha value is -1.44. The van der Waals surface area contributed by atoms with E-state index in [4.69, 9.17) is 17.3 Å². The Balaban J connectivity index is 3.02. The Morgan fingerprint density at radius 2 is 1.71 bits per heavy atom. The van der Waals surface area contributed by atoms with Gasteiger partial charge in [-0.1, -0.05) is 11.6 Å². The van der Waals surface area contributed by atoms with Crippen LogP contribution in [0.25, 0.3) is 0 Å². The maximum atomic E-state index is 11.9. The predicted molar refractivity (Wildman–Crippen MR) is 49.2 cm³/mol. The normalized spacial score (nSPS) is 11.7. The standard InChI is InChI=1S/C8H5ClF5NO2/c9-5-3(16-7(10)11)1-2-4(6(5)15)17-8(12,13)14/h1-2,7H,15H2. The maximum Gasteiger partial charge on any atom is 0.573 e. The van der Waals surface area contributed by atoms with Gasteiger partial charge in [0.1, 0.15) is 10.8 Å². The molecule has 1 aromatic carbocycles. The Morgan fingerprint density at radius 1 is 1.18 bits per heavy atom. The Bertz CT molecular complexity index is 410. The number of benzene rings is 1. The summed E-state index contributed by atoms with van der Waals surface area (Å²) in [5.41, 5.74) is 4.55. The first-order valence-corrected chi connectivity index (χ1v) is 4.37. The molecule has 0 aromatic heterocycles. The maximum absolute atomic E-state index is 11.9. The van der Waals surface area contributed by atoms with Gasteiger partial charge in [-0.2, -0.15) is 8.78 Å². The molecule has 0 unspecified atom stereocenters. The molecule has 0 aliphatic carbocycles. The van der Waals surface area contributed by atoms with Gasteiger partial charge in [0.25, 0.3) is 0 Å². The van der Waals surface area contributed by atoms with Crippen molar-refractivity contribution in [3.8, 4) is 11.5 Å². The molecule has 0 amide bonds. The van der Waals surface area contributed by atoms with Crippen molar-refractivity contribution in [2.75, 3.05) is 5.73 Å². The molecule has 2 N–H and O–H groups in total. The predicted octanol–water partition coefficient (Wildman–Crippen LogP) is 3.42. The molecule has 3 nitrogen and oxygen atoms in total. The van der Waals surface area contributed by atoms with Crippen LogP contribution < -0.4 is 15.2 Å². The number of hydrogen-bond donors (Lipinski definition) is 1. The molecule has 17 heavy (non-hydrogen) atoms. The summed E-state index contributed by atoms with van der Waals surface area (Å²) in [6, 6.07) is 1.53. The summed E-state index contributed by atoms with van der Waals surface area (Å²) in [5.74, 6) is -1.32. The lowest BCUT2D eigenvalue weighted by Crippen LogP contribution is -2.18. The number of nitrogens with two attached hydrogens (primary N) is 1. The summed E-state index contributed by atoms with van der Waals surface area (Å²) >= 11 is 5.44. The number of nitrogen functional groups attached to an aromatic ring is 1. The molecule has 0 heterocycles. The molecule has 0 saturated heterocycles. The molecule has 96 valence electrons. The van der Waals surface area contributed by atoms with Crippen LogP contribution in [-0.4, -0.2) is 13.0 Å². The van der Waals surface area contributed by atoms with Crippen LogP contribution in [-0.2, 0) is 0 Å². The van der Waals surface area contributed by atoms with Crippen LogP contribution in [0.4, 0.5) is 27.6 Å². The zero-order chi connectivity index (χ0) is 13.2. The van der Waals surface area contributed by atoms with Crippen LogP contribution in [0, 0.1) is 0 Å². The molecule has 0 aliphatic heterocycles. The minimum atomic E-state index is -4.96. The molecule has 1 aromatic rings. The third-order valence-electron chi connectivity index (χ3n) is 1.55. The van der Waals surface area contributed by atoms with Crippen LogP contribution in [0.3, 0.4) is 0 Å². The van der Waals surface area contributed by atoms with Gasteiger partial charge in [0, 0.05) is 0 Å². The first kappa shape index (κ1) is 13.6. The van der Waals surface area contributed by atoms with E-state index in [1.54, 1.807) is 0 Å². The zero-order valence-electron chi connectivity index (χ0n) is 7.89. The highest BCUT2D eigenvalue weighted by Gasteiger charge is 2.32. The van der Waals surface area contributed by atoms with Gasteiger partial charge in [-0.05, 0) is 12.1 Å². The van der Waals surface area contributed by atoms with Crippen molar-refractivity contribution in [1.82, 2.24) is 0 Å². The third kappa shape index (κ3) is 3.81. The molecular formula is C8H5ClF5NO2. The summed E-state index contributed by atoms with van der Waals surface area (Å²) in [6.45, 7) is -3.17. The van der Waals surface area contributed by atoms with Crippen LogP contribution in [0.15, 0.2) is 12.1 Å². The monoisotopic (exact) mass is 277 g/mol. The van der Waals surface area contributed by atoms with E-state index in [2.05, 4.69) is 9.47 Å². The fraction of sp³-hybridized carbons (Fsp3) is 0.250. The molecule has 0 atom stereocenters. The lowest BCUT2D eigenvalue weighted by atomic mass is 10.3. The smallest absolute Gasteiger partial charge is 0.433 e. The summed E-state index contributed by atoms with van der Waals surface area (Å²) in [6.07, 6.45) is -4.96. The van der Waals surface area contributed by atoms with Crippen LogP contribution >= 0.6 is 11.6 Å². The van der Waals surface area contributed by atoms with E-state index in [0.29, 0.717) is 0 Å². The lowest BCUT2D eigenvalue weighted by Gasteiger charge is -2.14. The molecule has 0 radical (unpaired) electrons. The first-order chi connectivity index (χ1) is 7.70. The average Bonchev–Trinajstić information content (AvgIpc) is 2.15. The first-order valence-electron chi connectivity index (χ1n) is 3.99. The van der Waals surface area contributed by atoms with Crippen molar-refractivity contribution >= 4 is 17.3 Å².